The number of anilines is 1. The lowest BCUT2D eigenvalue weighted by Crippen LogP contribution is -2.36. The number of nitrogens with zero attached hydrogens (tertiary/aromatic N) is 3. The molecule has 0 saturated heterocycles. The first-order chi connectivity index (χ1) is 8.86. The fourth-order valence-electron chi connectivity index (χ4n) is 1.57. The highest BCUT2D eigenvalue weighted by Gasteiger charge is 2.17. The van der Waals surface area contributed by atoms with Crippen molar-refractivity contribution >= 4 is 17.3 Å². The molecule has 0 bridgehead atoms. The van der Waals surface area contributed by atoms with Gasteiger partial charge in [0.05, 0.1) is 4.92 Å². The third-order valence-corrected chi connectivity index (χ3v) is 2.51. The van der Waals surface area contributed by atoms with Crippen LogP contribution in [0.5, 0.6) is 0 Å². The van der Waals surface area contributed by atoms with E-state index in [4.69, 9.17) is 5.26 Å². The van der Waals surface area contributed by atoms with Crippen LogP contribution in [0.3, 0.4) is 0 Å². The molecule has 100 valence electrons. The average Bonchev–Trinajstić information content (AvgIpc) is 2.36. The molecule has 0 aliphatic heterocycles. The smallest absolute Gasteiger partial charge is 0.287 e. The number of nitriles is 1. The number of nitro groups is 1. The molecule has 7 heteroatoms. The normalized spacial score (nSPS) is 11.3. The Morgan fingerprint density at radius 3 is 2.63 bits per heavy atom. The molecule has 0 radical (unpaired) electrons. The second-order valence-corrected chi connectivity index (χ2v) is 4.20. The highest BCUT2D eigenvalue weighted by atomic mass is 16.6. The van der Waals surface area contributed by atoms with E-state index in [9.17, 15) is 14.9 Å². The molecule has 1 aromatic carbocycles. The van der Waals surface area contributed by atoms with Crippen molar-refractivity contribution in [2.24, 2.45) is 0 Å². The molecule has 1 aromatic rings. The van der Waals surface area contributed by atoms with Crippen molar-refractivity contribution in [3.63, 3.8) is 0 Å². The van der Waals surface area contributed by atoms with Gasteiger partial charge in [0, 0.05) is 25.8 Å². The van der Waals surface area contributed by atoms with E-state index in [2.05, 4.69) is 5.32 Å². The van der Waals surface area contributed by atoms with Crippen LogP contribution in [-0.4, -0.2) is 35.9 Å². The number of hydrogen-bond donors (Lipinski definition) is 1. The maximum absolute atomic E-state index is 11.7. The maximum Gasteiger partial charge on any atom is 0.287 e. The summed E-state index contributed by atoms with van der Waals surface area (Å²) in [5, 5.41) is 22.4. The van der Waals surface area contributed by atoms with Crippen LogP contribution in [0.25, 0.3) is 0 Å². The van der Waals surface area contributed by atoms with Crippen molar-refractivity contribution in [1.29, 1.82) is 5.26 Å². The summed E-state index contributed by atoms with van der Waals surface area (Å²) in [5.41, 5.74) is 0.198. The summed E-state index contributed by atoms with van der Waals surface area (Å²) >= 11 is 0. The van der Waals surface area contributed by atoms with Crippen LogP contribution in [0.1, 0.15) is 12.5 Å². The van der Waals surface area contributed by atoms with Crippen molar-refractivity contribution in [2.75, 3.05) is 19.4 Å². The molecule has 0 aromatic heterocycles. The molecular weight excluding hydrogens is 248 g/mol. The number of rotatable bonds is 4. The number of benzene rings is 1. The second kappa shape index (κ2) is 5.82. The van der Waals surface area contributed by atoms with Gasteiger partial charge in [-0.2, -0.15) is 5.26 Å². The predicted octanol–water partition coefficient (Wildman–Crippen LogP) is 1.36. The zero-order valence-electron chi connectivity index (χ0n) is 10.9. The summed E-state index contributed by atoms with van der Waals surface area (Å²) in [6, 6.07) is 5.36. The summed E-state index contributed by atoms with van der Waals surface area (Å²) in [7, 11) is 3.27. The Morgan fingerprint density at radius 1 is 1.53 bits per heavy atom. The van der Waals surface area contributed by atoms with E-state index >= 15 is 0 Å². The van der Waals surface area contributed by atoms with Crippen LogP contribution in [0.4, 0.5) is 11.4 Å². The van der Waals surface area contributed by atoms with Gasteiger partial charge in [-0.1, -0.05) is 0 Å². The number of likely N-dealkylation sites (N-methyl/N-ethyl adjacent to an activating group) is 1. The van der Waals surface area contributed by atoms with E-state index in [0.717, 1.165) is 0 Å². The molecule has 0 heterocycles. The van der Waals surface area contributed by atoms with Crippen LogP contribution in [0.15, 0.2) is 18.2 Å². The first-order valence-electron chi connectivity index (χ1n) is 5.53. The molecule has 0 fully saturated rings. The monoisotopic (exact) mass is 262 g/mol. The summed E-state index contributed by atoms with van der Waals surface area (Å²) in [6.07, 6.45) is 0. The Hall–Kier alpha value is -2.62. The Bertz CT molecular complexity index is 548. The van der Waals surface area contributed by atoms with Gasteiger partial charge in [0.2, 0.25) is 5.91 Å². The summed E-state index contributed by atoms with van der Waals surface area (Å²) in [4.78, 5) is 23.2. The van der Waals surface area contributed by atoms with E-state index < -0.39 is 11.0 Å². The lowest BCUT2D eigenvalue weighted by molar-refractivity contribution is -0.385. The Kier molecular flexibility index (Phi) is 4.42. The highest BCUT2D eigenvalue weighted by Crippen LogP contribution is 2.22. The van der Waals surface area contributed by atoms with E-state index in [1.54, 1.807) is 27.1 Å². The molecule has 0 aliphatic carbocycles. The van der Waals surface area contributed by atoms with Crippen LogP contribution >= 0.6 is 0 Å². The molecule has 1 amide bonds. The van der Waals surface area contributed by atoms with Crippen LogP contribution < -0.4 is 5.32 Å². The van der Waals surface area contributed by atoms with Gasteiger partial charge in [0.25, 0.3) is 5.69 Å². The van der Waals surface area contributed by atoms with Gasteiger partial charge in [0.1, 0.15) is 17.7 Å². The molecule has 1 unspecified atom stereocenters. The molecule has 0 saturated carbocycles. The standard InChI is InChI=1S/C12H14N4O3/c1-8(12(17)15(2)3)14-10-4-5-11(16(18)19)9(6-10)7-13/h4-6,8,14H,1-3H3. The molecular formula is C12H14N4O3. The Balaban J connectivity index is 2.96. The van der Waals surface area contributed by atoms with Crippen molar-refractivity contribution in [2.45, 2.75) is 13.0 Å². The van der Waals surface area contributed by atoms with Crippen molar-refractivity contribution in [1.82, 2.24) is 4.90 Å². The summed E-state index contributed by atoms with van der Waals surface area (Å²) < 4.78 is 0. The second-order valence-electron chi connectivity index (χ2n) is 4.20. The van der Waals surface area contributed by atoms with Gasteiger partial charge in [-0.25, -0.2) is 0 Å². The minimum Gasteiger partial charge on any atom is -0.374 e. The molecule has 0 aliphatic rings. The maximum atomic E-state index is 11.7. The third-order valence-electron chi connectivity index (χ3n) is 2.51. The minimum atomic E-state index is -0.614. The lowest BCUT2D eigenvalue weighted by atomic mass is 10.1. The molecule has 0 spiro atoms. The molecule has 19 heavy (non-hydrogen) atoms. The summed E-state index contributed by atoms with van der Waals surface area (Å²) in [6.45, 7) is 1.68. The van der Waals surface area contributed by atoms with Gasteiger partial charge < -0.3 is 10.2 Å². The van der Waals surface area contributed by atoms with Crippen LogP contribution in [0, 0.1) is 21.4 Å². The number of nitro benzene ring substituents is 1. The summed E-state index contributed by atoms with van der Waals surface area (Å²) in [5.74, 6) is -0.128. The van der Waals surface area contributed by atoms with E-state index in [1.807, 2.05) is 0 Å². The lowest BCUT2D eigenvalue weighted by Gasteiger charge is -2.18. The van der Waals surface area contributed by atoms with E-state index in [1.165, 1.54) is 23.1 Å². The van der Waals surface area contributed by atoms with E-state index in [-0.39, 0.29) is 17.2 Å². The zero-order chi connectivity index (χ0) is 14.6. The molecule has 1 rings (SSSR count). The third kappa shape index (κ3) is 3.42. The first kappa shape index (κ1) is 14.4. The quantitative estimate of drug-likeness (QED) is 0.652. The number of amides is 1. The number of carbonyl (C=O) groups excluding carboxylic acids is 1. The number of hydrogen-bond acceptors (Lipinski definition) is 5. The molecule has 1 atom stereocenters. The highest BCUT2D eigenvalue weighted by molar-refractivity contribution is 5.84. The van der Waals surface area contributed by atoms with Crippen molar-refractivity contribution in [3.8, 4) is 6.07 Å². The van der Waals surface area contributed by atoms with Crippen LogP contribution in [-0.2, 0) is 4.79 Å². The average molecular weight is 262 g/mol. The Morgan fingerprint density at radius 2 is 2.16 bits per heavy atom. The zero-order valence-corrected chi connectivity index (χ0v) is 10.9. The molecule has 1 N–H and O–H groups in total. The fourth-order valence-corrected chi connectivity index (χ4v) is 1.57. The van der Waals surface area contributed by atoms with Crippen molar-refractivity contribution < 1.29 is 9.72 Å². The van der Waals surface area contributed by atoms with Crippen LogP contribution in [0.2, 0.25) is 0 Å². The predicted molar refractivity (Wildman–Crippen MR) is 69.6 cm³/mol. The number of carbonyl (C=O) groups is 1. The van der Waals surface area contributed by atoms with Gasteiger partial charge in [-0.05, 0) is 19.1 Å². The fraction of sp³-hybridized carbons (Fsp3) is 0.333. The van der Waals surface area contributed by atoms with Gasteiger partial charge in [-0.15, -0.1) is 0 Å². The largest absolute Gasteiger partial charge is 0.374 e. The first-order valence-corrected chi connectivity index (χ1v) is 5.53. The van der Waals surface area contributed by atoms with Crippen molar-refractivity contribution in [3.05, 3.63) is 33.9 Å². The van der Waals surface area contributed by atoms with Gasteiger partial charge >= 0.3 is 0 Å². The molecule has 7 nitrogen and oxygen atoms in total. The topological polar surface area (TPSA) is 99.3 Å². The number of nitrogens with one attached hydrogen (secondary N) is 1. The Labute approximate surface area is 110 Å². The van der Waals surface area contributed by atoms with Gasteiger partial charge in [0.15, 0.2) is 0 Å². The van der Waals surface area contributed by atoms with E-state index in [0.29, 0.717) is 5.69 Å². The SMILES string of the molecule is CC(Nc1ccc([N+](=O)[O-])c(C#N)c1)C(=O)N(C)C. The van der Waals surface area contributed by atoms with Gasteiger partial charge in [-0.3, -0.25) is 14.9 Å². The minimum absolute atomic E-state index is 0.0421.